The molecule has 170 valence electrons. The minimum absolute atomic E-state index is 0.0264. The van der Waals surface area contributed by atoms with Gasteiger partial charge in [0.2, 0.25) is 0 Å². The quantitative estimate of drug-likeness (QED) is 0.343. The van der Waals surface area contributed by atoms with Gasteiger partial charge in [0.1, 0.15) is 18.1 Å². The lowest BCUT2D eigenvalue weighted by atomic mass is 10.2. The van der Waals surface area contributed by atoms with E-state index in [1.807, 2.05) is 33.8 Å². The largest absolute Gasteiger partial charge is 0.394 e. The van der Waals surface area contributed by atoms with E-state index < -0.39 is 32.0 Å². The fourth-order valence-electron chi connectivity index (χ4n) is 3.24. The van der Waals surface area contributed by atoms with Crippen LogP contribution in [0.1, 0.15) is 46.8 Å². The Kier molecular flexibility index (Phi) is 10.2. The third-order valence-electron chi connectivity index (χ3n) is 4.34. The molecule has 1 aromatic rings. The first kappa shape index (κ1) is 26.3. The van der Waals surface area contributed by atoms with E-state index in [0.717, 1.165) is 4.68 Å². The summed E-state index contributed by atoms with van der Waals surface area (Å²) < 4.78 is 7.94. The van der Waals surface area contributed by atoms with Gasteiger partial charge in [-0.1, -0.05) is 0 Å². The van der Waals surface area contributed by atoms with Gasteiger partial charge < -0.3 is 20.7 Å². The molecule has 13 heteroatoms. The molecule has 1 aliphatic heterocycles. The van der Waals surface area contributed by atoms with Gasteiger partial charge in [-0.3, -0.25) is 0 Å². The second kappa shape index (κ2) is 11.6. The molecule has 6 N–H and O–H groups in total. The zero-order valence-corrected chi connectivity index (χ0v) is 18.6. The van der Waals surface area contributed by atoms with Crippen LogP contribution in [0.15, 0.2) is 11.0 Å². The third kappa shape index (κ3) is 7.21. The van der Waals surface area contributed by atoms with Crippen molar-refractivity contribution < 1.29 is 24.7 Å². The van der Waals surface area contributed by atoms with Crippen molar-refractivity contribution in [3.8, 4) is 6.07 Å². The van der Waals surface area contributed by atoms with Crippen LogP contribution in [0.5, 0.6) is 0 Å². The van der Waals surface area contributed by atoms with Crippen LogP contribution in [0.4, 0.5) is 5.82 Å². The van der Waals surface area contributed by atoms with E-state index >= 15 is 0 Å². The highest BCUT2D eigenvalue weighted by atomic mass is 31.2. The first-order valence-electron chi connectivity index (χ1n) is 9.59. The molecule has 1 aromatic heterocycles. The molecule has 0 aliphatic carbocycles. The second-order valence-electron chi connectivity index (χ2n) is 7.42. The van der Waals surface area contributed by atoms with Gasteiger partial charge in [-0.05, 0) is 27.7 Å². The van der Waals surface area contributed by atoms with Crippen molar-refractivity contribution in [2.45, 2.75) is 71.1 Å². The Morgan fingerprint density at radius 1 is 1.40 bits per heavy atom. The van der Waals surface area contributed by atoms with Crippen LogP contribution in [0.2, 0.25) is 0 Å². The van der Waals surface area contributed by atoms with Gasteiger partial charge in [-0.15, -0.1) is 4.67 Å². The Labute approximate surface area is 176 Å². The fourth-order valence-corrected chi connectivity index (χ4v) is 5.35. The predicted octanol–water partition coefficient (Wildman–Crippen LogP) is -0.373. The van der Waals surface area contributed by atoms with Gasteiger partial charge in [-0.2, -0.15) is 20.0 Å². The Bertz CT molecular complexity index is 760. The molecule has 12 nitrogen and oxygen atoms in total. The molecular formula is C17H32N6O6P+. The molecule has 0 radical (unpaired) electrons. The van der Waals surface area contributed by atoms with Gasteiger partial charge in [-0.25, -0.2) is 14.6 Å². The number of ether oxygens (including phenoxy) is 1. The van der Waals surface area contributed by atoms with Crippen LogP contribution in [-0.2, 0) is 4.74 Å². The summed E-state index contributed by atoms with van der Waals surface area (Å²) in [5.74, 6) is 0.0264. The van der Waals surface area contributed by atoms with Crippen molar-refractivity contribution in [3.05, 3.63) is 16.7 Å². The van der Waals surface area contributed by atoms with Crippen LogP contribution >= 0.6 is 7.87 Å². The van der Waals surface area contributed by atoms with Gasteiger partial charge in [0, 0.05) is 18.5 Å². The molecule has 1 fully saturated rings. The molecule has 2 rings (SSSR count). The monoisotopic (exact) mass is 447 g/mol. The van der Waals surface area contributed by atoms with Crippen molar-refractivity contribution in [1.82, 2.24) is 19.4 Å². The summed E-state index contributed by atoms with van der Waals surface area (Å²) in [6, 6.07) is 2.10. The van der Waals surface area contributed by atoms with Crippen molar-refractivity contribution in [1.29, 1.82) is 5.26 Å². The average molecular weight is 447 g/mol. The summed E-state index contributed by atoms with van der Waals surface area (Å²) in [4.78, 5) is 34.7. The van der Waals surface area contributed by atoms with Crippen LogP contribution in [0.25, 0.3) is 0 Å². The van der Waals surface area contributed by atoms with Crippen LogP contribution < -0.4 is 11.4 Å². The smallest absolute Gasteiger partial charge is 0.368 e. The van der Waals surface area contributed by atoms with Crippen LogP contribution in [-0.4, -0.2) is 76.5 Å². The fraction of sp³-hybridized carbons (Fsp3) is 0.765. The summed E-state index contributed by atoms with van der Waals surface area (Å²) >= 11 is 0. The number of aromatic nitrogens is 3. The zero-order valence-electron chi connectivity index (χ0n) is 17.7. The lowest BCUT2D eigenvalue weighted by Gasteiger charge is -2.31. The molecule has 0 unspecified atom stereocenters. The number of nitrogen functional groups attached to an aromatic ring is 1. The number of nitriles is 1. The van der Waals surface area contributed by atoms with Gasteiger partial charge in [0.25, 0.3) is 0 Å². The Balaban J connectivity index is 0.000000304. The number of nitrogens with zero attached hydrogens (tertiary/aromatic N) is 5. The number of aliphatic hydroxyl groups is 2. The number of aliphatic hydroxyl groups excluding tert-OH is 2. The maximum Gasteiger partial charge on any atom is 0.368 e. The molecule has 1 saturated heterocycles. The third-order valence-corrected chi connectivity index (χ3v) is 6.83. The summed E-state index contributed by atoms with van der Waals surface area (Å²) in [6.07, 6.45) is -0.464. The molecule has 0 amide bonds. The lowest BCUT2D eigenvalue weighted by Crippen LogP contribution is -2.37. The van der Waals surface area contributed by atoms with Crippen molar-refractivity contribution >= 4 is 13.7 Å². The number of hydrogen-bond acceptors (Lipinski definition) is 11. The Morgan fingerprint density at radius 2 is 2.00 bits per heavy atom. The maximum absolute atomic E-state index is 11.4. The minimum atomic E-state index is -3.07. The summed E-state index contributed by atoms with van der Waals surface area (Å²) in [5, 5.41) is 30.6. The van der Waals surface area contributed by atoms with E-state index in [1.54, 1.807) is 4.67 Å². The molecule has 0 aromatic carbocycles. The number of hydrogen-bond donors (Lipinski definition) is 5. The Morgan fingerprint density at radius 3 is 2.43 bits per heavy atom. The topological polar surface area (TPSA) is 191 Å². The number of rotatable bonds is 7. The molecule has 30 heavy (non-hydrogen) atoms. The molecule has 3 atom stereocenters. The highest BCUT2D eigenvalue weighted by Crippen LogP contribution is 2.56. The molecule has 0 bridgehead atoms. The van der Waals surface area contributed by atoms with E-state index in [2.05, 4.69) is 10.1 Å². The zero-order chi connectivity index (χ0) is 23.1. The van der Waals surface area contributed by atoms with Gasteiger partial charge in [0.15, 0.2) is 6.23 Å². The van der Waals surface area contributed by atoms with E-state index in [4.69, 9.17) is 20.8 Å². The van der Waals surface area contributed by atoms with Crippen molar-refractivity contribution in [2.75, 3.05) is 18.5 Å². The number of anilines is 1. The summed E-state index contributed by atoms with van der Waals surface area (Å²) in [6.45, 7) is 7.39. The van der Waals surface area contributed by atoms with Gasteiger partial charge >= 0.3 is 13.6 Å². The lowest BCUT2D eigenvalue weighted by molar-refractivity contribution is -0.0505. The van der Waals surface area contributed by atoms with Crippen molar-refractivity contribution in [3.63, 3.8) is 0 Å². The average Bonchev–Trinajstić information content (AvgIpc) is 3.00. The minimum Gasteiger partial charge on any atom is -0.394 e. The summed E-state index contributed by atoms with van der Waals surface area (Å²) in [5.41, 5.74) is 4.65. The highest BCUT2D eigenvalue weighted by Gasteiger charge is 2.44. The maximum atomic E-state index is 11.4. The Hall–Kier alpha value is -1.71. The second-order valence-corrected chi connectivity index (χ2v) is 9.71. The molecule has 0 saturated carbocycles. The van der Waals surface area contributed by atoms with E-state index in [0.29, 0.717) is 0 Å². The van der Waals surface area contributed by atoms with Crippen molar-refractivity contribution in [2.24, 2.45) is 0 Å². The van der Waals surface area contributed by atoms with E-state index in [-0.39, 0.29) is 43.5 Å². The predicted molar refractivity (Wildman–Crippen MR) is 111 cm³/mol. The standard InChI is InChI=1S/C9H20N2O2P.C8H12N4O4/c1-8(2)11(9(3)4)14(12,13)7-5-6-10;9-6-2-10-12(8(15)11-6)7-1-4(14)5(3-13)16-7/h8-9,12-13H,5,7H2,1-4H3;2,4-5,7,13-14H,1,3H2,(H2,9,11,15)/q+1;/t;4-,5+,7+/m.0/s1. The molecule has 2 heterocycles. The summed E-state index contributed by atoms with van der Waals surface area (Å²) in [7, 11) is -3.07. The first-order chi connectivity index (χ1) is 13.9. The normalized spacial score (nSPS) is 21.6. The molecule has 1 aliphatic rings. The molecular weight excluding hydrogens is 415 g/mol. The van der Waals surface area contributed by atoms with Crippen LogP contribution in [0, 0.1) is 11.3 Å². The first-order valence-corrected chi connectivity index (χ1v) is 11.4. The number of nitrogens with two attached hydrogens (primary N) is 1. The van der Waals surface area contributed by atoms with Gasteiger partial charge in [0.05, 0.1) is 31.4 Å². The highest BCUT2D eigenvalue weighted by molar-refractivity contribution is 7.62. The van der Waals surface area contributed by atoms with E-state index in [9.17, 15) is 19.7 Å². The van der Waals surface area contributed by atoms with E-state index in [1.165, 1.54) is 6.20 Å². The SMILES string of the molecule is CC(C)N(C(C)C)[P+](O)(O)CCC#N.Nc1cnn([C@H]2C[C@H](O)[C@@H](CO)O2)c(=O)n1. The van der Waals surface area contributed by atoms with Crippen LogP contribution in [0.3, 0.4) is 0 Å². The molecule has 0 spiro atoms.